The lowest BCUT2D eigenvalue weighted by Crippen LogP contribution is -2.38. The van der Waals surface area contributed by atoms with Crippen molar-refractivity contribution in [3.63, 3.8) is 0 Å². The van der Waals surface area contributed by atoms with E-state index in [1.165, 1.54) is 14.0 Å². The standard InChI is InChI=1S/C11H20NO9P/c1-7(2)10(14)20-5-8(21-11(15)12-3)4-19-9(13)6-22(16,17)18/h8,11-12,15H,1,4-6H2,2-3H3,(H2,16,17,18). The summed E-state index contributed by atoms with van der Waals surface area (Å²) in [6.45, 7) is 3.98. The molecule has 2 atom stereocenters. The van der Waals surface area contributed by atoms with Gasteiger partial charge in [0.1, 0.15) is 25.5 Å². The highest BCUT2D eigenvalue weighted by Crippen LogP contribution is 2.33. The zero-order chi connectivity index (χ0) is 17.3. The maximum atomic E-state index is 11.3. The van der Waals surface area contributed by atoms with Gasteiger partial charge in [-0.1, -0.05) is 6.58 Å². The molecule has 0 saturated heterocycles. The average Bonchev–Trinajstić information content (AvgIpc) is 2.38. The molecule has 0 rings (SSSR count). The largest absolute Gasteiger partial charge is 0.462 e. The summed E-state index contributed by atoms with van der Waals surface area (Å²) in [6, 6.07) is 0. The maximum absolute atomic E-state index is 11.3. The van der Waals surface area contributed by atoms with E-state index in [9.17, 15) is 19.3 Å². The van der Waals surface area contributed by atoms with E-state index in [1.807, 2.05) is 0 Å². The summed E-state index contributed by atoms with van der Waals surface area (Å²) in [6.07, 6.45) is -3.53. The van der Waals surface area contributed by atoms with E-state index in [0.717, 1.165) is 0 Å². The van der Waals surface area contributed by atoms with E-state index < -0.39 is 44.8 Å². The first kappa shape index (κ1) is 20.7. The average molecular weight is 341 g/mol. The van der Waals surface area contributed by atoms with E-state index >= 15 is 0 Å². The Hall–Kier alpha value is -1.29. The second-order valence-corrected chi connectivity index (χ2v) is 5.93. The number of aliphatic hydroxyl groups is 1. The molecule has 11 heteroatoms. The molecule has 0 aromatic carbocycles. The van der Waals surface area contributed by atoms with Gasteiger partial charge in [-0.15, -0.1) is 0 Å². The number of esters is 2. The van der Waals surface area contributed by atoms with Gasteiger partial charge in [0, 0.05) is 5.57 Å². The summed E-state index contributed by atoms with van der Waals surface area (Å²) < 4.78 is 25.0. The molecular formula is C11H20NO9P. The molecule has 0 aromatic rings. The number of hydrogen-bond donors (Lipinski definition) is 4. The zero-order valence-corrected chi connectivity index (χ0v) is 13.1. The highest BCUT2D eigenvalue weighted by molar-refractivity contribution is 7.52. The number of nitrogens with one attached hydrogen (secondary N) is 1. The normalized spacial score (nSPS) is 14.0. The molecule has 0 aliphatic carbocycles. The Labute approximate surface area is 127 Å². The molecule has 0 bridgehead atoms. The van der Waals surface area contributed by atoms with Crippen molar-refractivity contribution >= 4 is 19.5 Å². The summed E-state index contributed by atoms with van der Waals surface area (Å²) in [7, 11) is -3.14. The Morgan fingerprint density at radius 1 is 1.27 bits per heavy atom. The number of aliphatic hydroxyl groups excluding tert-OH is 1. The summed E-state index contributed by atoms with van der Waals surface area (Å²) in [4.78, 5) is 39.7. The molecule has 22 heavy (non-hydrogen) atoms. The van der Waals surface area contributed by atoms with Gasteiger partial charge in [0.2, 0.25) is 6.41 Å². The fraction of sp³-hybridized carbons (Fsp3) is 0.636. The Balaban J connectivity index is 4.46. The van der Waals surface area contributed by atoms with Crippen LogP contribution in [0.4, 0.5) is 0 Å². The SMILES string of the molecule is C=C(C)C(=O)OCC(COC(=O)CP(=O)(O)O)OC(O)NC. The summed E-state index contributed by atoms with van der Waals surface area (Å²) in [5.74, 6) is -1.85. The number of carbonyl (C=O) groups excluding carboxylic acids is 2. The van der Waals surface area contributed by atoms with Crippen molar-refractivity contribution in [3.05, 3.63) is 12.2 Å². The molecule has 128 valence electrons. The van der Waals surface area contributed by atoms with Gasteiger partial charge in [-0.3, -0.25) is 14.7 Å². The maximum Gasteiger partial charge on any atom is 0.336 e. The van der Waals surface area contributed by atoms with Crippen molar-refractivity contribution in [2.45, 2.75) is 19.4 Å². The molecule has 0 aromatic heterocycles. The lowest BCUT2D eigenvalue weighted by atomic mass is 10.3. The summed E-state index contributed by atoms with van der Waals surface area (Å²) >= 11 is 0. The third kappa shape index (κ3) is 10.4. The molecule has 0 heterocycles. The first-order valence-electron chi connectivity index (χ1n) is 6.08. The number of hydrogen-bond acceptors (Lipinski definition) is 8. The molecule has 0 aliphatic rings. The zero-order valence-electron chi connectivity index (χ0n) is 12.2. The Bertz CT molecular complexity index is 447. The van der Waals surface area contributed by atoms with E-state index in [4.69, 9.17) is 19.3 Å². The summed E-state index contributed by atoms with van der Waals surface area (Å²) in [5.41, 5.74) is 0.145. The quantitative estimate of drug-likeness (QED) is 0.163. The van der Waals surface area contributed by atoms with Crippen LogP contribution in [0.3, 0.4) is 0 Å². The minimum absolute atomic E-state index is 0.145. The van der Waals surface area contributed by atoms with Crippen LogP contribution in [0.2, 0.25) is 0 Å². The predicted octanol–water partition coefficient (Wildman–Crippen LogP) is -1.29. The van der Waals surface area contributed by atoms with E-state index in [2.05, 4.69) is 16.6 Å². The smallest absolute Gasteiger partial charge is 0.336 e. The number of carbonyl (C=O) groups is 2. The van der Waals surface area contributed by atoms with Crippen LogP contribution in [-0.2, 0) is 28.4 Å². The van der Waals surface area contributed by atoms with Gasteiger partial charge >= 0.3 is 19.5 Å². The molecule has 0 amide bonds. The van der Waals surface area contributed by atoms with Gasteiger partial charge in [-0.2, -0.15) is 0 Å². The minimum Gasteiger partial charge on any atom is -0.462 e. The van der Waals surface area contributed by atoms with Crippen molar-refractivity contribution in [2.75, 3.05) is 26.4 Å². The predicted molar refractivity (Wildman–Crippen MR) is 73.6 cm³/mol. The van der Waals surface area contributed by atoms with Crippen LogP contribution in [0.5, 0.6) is 0 Å². The van der Waals surface area contributed by atoms with Crippen molar-refractivity contribution < 1.29 is 43.3 Å². The fourth-order valence-corrected chi connectivity index (χ4v) is 1.50. The van der Waals surface area contributed by atoms with Crippen LogP contribution >= 0.6 is 7.60 Å². The van der Waals surface area contributed by atoms with Crippen LogP contribution in [0, 0.1) is 0 Å². The first-order valence-corrected chi connectivity index (χ1v) is 7.88. The van der Waals surface area contributed by atoms with Crippen molar-refractivity contribution in [1.82, 2.24) is 5.32 Å². The van der Waals surface area contributed by atoms with Gasteiger partial charge in [0.05, 0.1) is 0 Å². The van der Waals surface area contributed by atoms with Crippen molar-refractivity contribution in [1.29, 1.82) is 0 Å². The molecule has 4 N–H and O–H groups in total. The number of rotatable bonds is 10. The Morgan fingerprint density at radius 2 is 1.82 bits per heavy atom. The molecule has 2 unspecified atom stereocenters. The monoisotopic (exact) mass is 341 g/mol. The first-order chi connectivity index (χ1) is 10.0. The molecule has 0 saturated carbocycles. The third-order valence-electron chi connectivity index (χ3n) is 2.08. The molecule has 10 nitrogen and oxygen atoms in total. The Morgan fingerprint density at radius 3 is 2.27 bits per heavy atom. The lowest BCUT2D eigenvalue weighted by Gasteiger charge is -2.21. The molecule has 0 fully saturated rings. The van der Waals surface area contributed by atoms with Crippen LogP contribution in [-0.4, -0.2) is 65.8 Å². The summed E-state index contributed by atoms with van der Waals surface area (Å²) in [5, 5.41) is 11.6. The lowest BCUT2D eigenvalue weighted by molar-refractivity contribution is -0.186. The fourth-order valence-electron chi connectivity index (χ4n) is 1.07. The van der Waals surface area contributed by atoms with Crippen molar-refractivity contribution in [2.24, 2.45) is 0 Å². The number of ether oxygens (including phenoxy) is 3. The highest BCUT2D eigenvalue weighted by Gasteiger charge is 2.23. The second-order valence-electron chi connectivity index (χ2n) is 4.28. The molecular weight excluding hydrogens is 321 g/mol. The van der Waals surface area contributed by atoms with Gasteiger partial charge in [0.15, 0.2) is 0 Å². The van der Waals surface area contributed by atoms with Crippen LogP contribution in [0.25, 0.3) is 0 Å². The topological polar surface area (TPSA) is 152 Å². The highest BCUT2D eigenvalue weighted by atomic mass is 31.2. The van der Waals surface area contributed by atoms with Crippen LogP contribution in [0.15, 0.2) is 12.2 Å². The van der Waals surface area contributed by atoms with E-state index in [1.54, 1.807) is 0 Å². The molecule has 0 aliphatic heterocycles. The minimum atomic E-state index is -4.53. The van der Waals surface area contributed by atoms with Crippen LogP contribution in [0.1, 0.15) is 6.92 Å². The van der Waals surface area contributed by atoms with E-state index in [0.29, 0.717) is 0 Å². The molecule has 0 radical (unpaired) electrons. The second kappa shape index (κ2) is 9.67. The van der Waals surface area contributed by atoms with Crippen LogP contribution < -0.4 is 5.32 Å². The Kier molecular flexibility index (Phi) is 9.10. The van der Waals surface area contributed by atoms with Gasteiger partial charge in [-0.05, 0) is 14.0 Å². The third-order valence-corrected chi connectivity index (χ3v) is 2.75. The van der Waals surface area contributed by atoms with Gasteiger partial charge < -0.3 is 29.1 Å². The van der Waals surface area contributed by atoms with Crippen molar-refractivity contribution in [3.8, 4) is 0 Å². The van der Waals surface area contributed by atoms with Gasteiger partial charge in [0.25, 0.3) is 0 Å². The van der Waals surface area contributed by atoms with E-state index in [-0.39, 0.29) is 12.2 Å². The molecule has 0 spiro atoms. The van der Waals surface area contributed by atoms with Gasteiger partial charge in [-0.25, -0.2) is 4.79 Å².